The van der Waals surface area contributed by atoms with Crippen LogP contribution in [0.4, 0.5) is 17.3 Å². The zero-order chi connectivity index (χ0) is 22.0. The lowest BCUT2D eigenvalue weighted by Crippen LogP contribution is -2.30. The number of nitrogens with one attached hydrogen (secondary N) is 2. The van der Waals surface area contributed by atoms with Gasteiger partial charge < -0.3 is 10.6 Å². The highest BCUT2D eigenvalue weighted by atomic mass is 16.2. The van der Waals surface area contributed by atoms with Crippen LogP contribution in [0, 0.1) is 41.5 Å². The molecule has 2 aromatic carbocycles. The second kappa shape index (κ2) is 8.53. The number of hydrogen-bond acceptors (Lipinski definition) is 4. The summed E-state index contributed by atoms with van der Waals surface area (Å²) >= 11 is 0. The molecule has 0 fully saturated rings. The van der Waals surface area contributed by atoms with Gasteiger partial charge in [-0.1, -0.05) is 23.8 Å². The molecule has 0 aliphatic carbocycles. The number of carbonyl (C=O) groups excluding carboxylic acids is 1. The quantitative estimate of drug-likeness (QED) is 0.658. The van der Waals surface area contributed by atoms with Gasteiger partial charge in [0.25, 0.3) is 5.56 Å². The van der Waals surface area contributed by atoms with E-state index >= 15 is 0 Å². The third kappa shape index (κ3) is 4.95. The maximum Gasteiger partial charge on any atom is 0.255 e. The highest BCUT2D eigenvalue weighted by Crippen LogP contribution is 2.22. The average molecular weight is 405 g/mol. The highest BCUT2D eigenvalue weighted by Gasteiger charge is 2.14. The van der Waals surface area contributed by atoms with Crippen LogP contribution >= 0.6 is 0 Å². The van der Waals surface area contributed by atoms with Gasteiger partial charge in [0.05, 0.1) is 0 Å². The molecule has 3 aromatic rings. The normalized spacial score (nSPS) is 10.7. The fourth-order valence-corrected chi connectivity index (χ4v) is 3.74. The Balaban J connectivity index is 1.90. The van der Waals surface area contributed by atoms with Crippen molar-refractivity contribution in [3.63, 3.8) is 0 Å². The molecule has 1 aromatic heterocycles. The number of anilines is 3. The number of rotatable bonds is 5. The van der Waals surface area contributed by atoms with E-state index < -0.39 is 0 Å². The molecule has 0 saturated carbocycles. The maximum absolute atomic E-state index is 12.8. The van der Waals surface area contributed by atoms with Crippen molar-refractivity contribution in [2.24, 2.45) is 0 Å². The van der Waals surface area contributed by atoms with Crippen molar-refractivity contribution in [3.8, 4) is 0 Å². The summed E-state index contributed by atoms with van der Waals surface area (Å²) in [6.45, 7) is 11.6. The number of hydrogen-bond donors (Lipinski definition) is 2. The molecule has 1 heterocycles. The van der Waals surface area contributed by atoms with E-state index in [0.717, 1.165) is 39.2 Å². The van der Waals surface area contributed by atoms with Gasteiger partial charge in [-0.05, 0) is 75.9 Å². The standard InChI is InChI=1S/C24H28N4O2/c1-14-7-15(2)11-20(10-14)26-24-25-19(6)12-22(30)28(24)13-21(29)27-23-17(4)8-16(3)9-18(23)5/h7-12H,13H2,1-6H3,(H,25,26)(H,27,29). The summed E-state index contributed by atoms with van der Waals surface area (Å²) in [6, 6.07) is 11.5. The van der Waals surface area contributed by atoms with E-state index in [2.05, 4.69) is 21.7 Å². The van der Waals surface area contributed by atoms with Crippen molar-refractivity contribution in [2.75, 3.05) is 10.6 Å². The molecule has 156 valence electrons. The lowest BCUT2D eigenvalue weighted by Gasteiger charge is -2.16. The molecular formula is C24H28N4O2. The Labute approximate surface area is 177 Å². The first-order valence-corrected chi connectivity index (χ1v) is 9.94. The van der Waals surface area contributed by atoms with Gasteiger partial charge in [0.15, 0.2) is 0 Å². The minimum Gasteiger partial charge on any atom is -0.325 e. The predicted octanol–water partition coefficient (Wildman–Crippen LogP) is 4.48. The summed E-state index contributed by atoms with van der Waals surface area (Å²) in [6.07, 6.45) is 0. The van der Waals surface area contributed by atoms with Crippen LogP contribution in [0.1, 0.15) is 33.5 Å². The minimum atomic E-state index is -0.277. The van der Waals surface area contributed by atoms with Gasteiger partial charge in [0.2, 0.25) is 11.9 Å². The number of amides is 1. The minimum absolute atomic E-state index is 0.133. The van der Waals surface area contributed by atoms with Crippen LogP contribution in [-0.4, -0.2) is 15.5 Å². The first-order chi connectivity index (χ1) is 14.1. The van der Waals surface area contributed by atoms with E-state index in [1.54, 1.807) is 6.92 Å². The predicted molar refractivity (Wildman–Crippen MR) is 122 cm³/mol. The highest BCUT2D eigenvalue weighted by molar-refractivity contribution is 5.92. The van der Waals surface area contributed by atoms with E-state index in [4.69, 9.17) is 0 Å². The Kier molecular flexibility index (Phi) is 6.06. The molecule has 6 heteroatoms. The third-order valence-electron chi connectivity index (χ3n) is 4.86. The zero-order valence-corrected chi connectivity index (χ0v) is 18.4. The second-order valence-corrected chi connectivity index (χ2v) is 7.97. The fraction of sp³-hybridized carbons (Fsp3) is 0.292. The Morgan fingerprint density at radius 1 is 0.867 bits per heavy atom. The smallest absolute Gasteiger partial charge is 0.255 e. The van der Waals surface area contributed by atoms with Crippen LogP contribution in [-0.2, 0) is 11.3 Å². The largest absolute Gasteiger partial charge is 0.325 e. The Hall–Kier alpha value is -3.41. The molecule has 0 bridgehead atoms. The Morgan fingerprint density at radius 3 is 2.03 bits per heavy atom. The molecule has 0 radical (unpaired) electrons. The summed E-state index contributed by atoms with van der Waals surface area (Å²) in [5.74, 6) is 0.0683. The number of aromatic nitrogens is 2. The van der Waals surface area contributed by atoms with E-state index in [9.17, 15) is 9.59 Å². The summed E-state index contributed by atoms with van der Waals surface area (Å²) in [5.41, 5.74) is 7.24. The van der Waals surface area contributed by atoms with Crippen LogP contribution < -0.4 is 16.2 Å². The van der Waals surface area contributed by atoms with Crippen LogP contribution in [0.3, 0.4) is 0 Å². The van der Waals surface area contributed by atoms with Gasteiger partial charge in [-0.2, -0.15) is 0 Å². The molecule has 0 atom stereocenters. The fourth-order valence-electron chi connectivity index (χ4n) is 3.74. The van der Waals surface area contributed by atoms with Crippen molar-refractivity contribution in [2.45, 2.75) is 48.1 Å². The number of aryl methyl sites for hydroxylation is 6. The molecule has 30 heavy (non-hydrogen) atoms. The monoisotopic (exact) mass is 404 g/mol. The molecule has 0 saturated heterocycles. The number of benzene rings is 2. The number of carbonyl (C=O) groups is 1. The van der Waals surface area contributed by atoms with Crippen LogP contribution in [0.2, 0.25) is 0 Å². The van der Waals surface area contributed by atoms with Gasteiger partial charge in [0.1, 0.15) is 6.54 Å². The second-order valence-electron chi connectivity index (χ2n) is 7.97. The van der Waals surface area contributed by atoms with Gasteiger partial charge >= 0.3 is 0 Å². The van der Waals surface area contributed by atoms with Crippen molar-refractivity contribution in [3.05, 3.63) is 80.3 Å². The average Bonchev–Trinajstić information content (AvgIpc) is 2.60. The summed E-state index contributed by atoms with van der Waals surface area (Å²) in [5, 5.41) is 6.16. The van der Waals surface area contributed by atoms with Gasteiger partial charge in [0, 0.05) is 23.1 Å². The lowest BCUT2D eigenvalue weighted by atomic mass is 10.1. The van der Waals surface area contributed by atoms with Crippen molar-refractivity contribution in [1.29, 1.82) is 0 Å². The van der Waals surface area contributed by atoms with E-state index in [-0.39, 0.29) is 18.0 Å². The lowest BCUT2D eigenvalue weighted by molar-refractivity contribution is -0.116. The molecule has 0 aliphatic heterocycles. The molecule has 2 N–H and O–H groups in total. The van der Waals surface area contributed by atoms with Crippen molar-refractivity contribution < 1.29 is 4.79 Å². The Bertz CT molecular complexity index is 1140. The molecule has 0 aliphatic rings. The molecule has 3 rings (SSSR count). The topological polar surface area (TPSA) is 76.0 Å². The summed E-state index contributed by atoms with van der Waals surface area (Å²) in [4.78, 5) is 29.9. The first-order valence-electron chi connectivity index (χ1n) is 9.94. The van der Waals surface area contributed by atoms with Crippen molar-refractivity contribution in [1.82, 2.24) is 9.55 Å². The molecular weight excluding hydrogens is 376 g/mol. The summed E-state index contributed by atoms with van der Waals surface area (Å²) in [7, 11) is 0. The SMILES string of the molecule is Cc1cc(C)cc(Nc2nc(C)cc(=O)n2CC(=O)Nc2c(C)cc(C)cc2C)c1. The van der Waals surface area contributed by atoms with Crippen LogP contribution in [0.5, 0.6) is 0 Å². The van der Waals surface area contributed by atoms with E-state index in [1.807, 2.05) is 58.9 Å². The molecule has 0 spiro atoms. The van der Waals surface area contributed by atoms with Gasteiger partial charge in [-0.25, -0.2) is 4.98 Å². The number of nitrogens with zero attached hydrogens (tertiary/aromatic N) is 2. The molecule has 6 nitrogen and oxygen atoms in total. The van der Waals surface area contributed by atoms with Crippen LogP contribution in [0.25, 0.3) is 0 Å². The third-order valence-corrected chi connectivity index (χ3v) is 4.86. The first kappa shape index (κ1) is 21.3. The van der Waals surface area contributed by atoms with E-state index in [1.165, 1.54) is 10.6 Å². The van der Waals surface area contributed by atoms with Gasteiger partial charge in [-0.15, -0.1) is 0 Å². The van der Waals surface area contributed by atoms with Gasteiger partial charge in [-0.3, -0.25) is 14.2 Å². The molecule has 1 amide bonds. The summed E-state index contributed by atoms with van der Waals surface area (Å²) < 4.78 is 1.36. The van der Waals surface area contributed by atoms with Crippen molar-refractivity contribution >= 4 is 23.2 Å². The van der Waals surface area contributed by atoms with Crippen LogP contribution in [0.15, 0.2) is 41.2 Å². The maximum atomic E-state index is 12.8. The van der Waals surface area contributed by atoms with E-state index in [0.29, 0.717) is 11.6 Å². The zero-order valence-electron chi connectivity index (χ0n) is 18.4. The Morgan fingerprint density at radius 2 is 1.43 bits per heavy atom. The molecule has 0 unspecified atom stereocenters.